The number of rotatable bonds is 8. The van der Waals surface area contributed by atoms with Crippen LogP contribution in [0.2, 0.25) is 0 Å². The quantitative estimate of drug-likeness (QED) is 0.152. The Hall–Kier alpha value is -12.6. The minimum atomic E-state index is -0.168. The third-order valence-corrected chi connectivity index (χ3v) is 21.2. The van der Waals surface area contributed by atoms with Crippen LogP contribution in [-0.4, -0.2) is 29.1 Å². The lowest BCUT2D eigenvalue weighted by Gasteiger charge is -2.24. The molecule has 2 aliphatic rings. The fourth-order valence-corrected chi connectivity index (χ4v) is 16.3. The molecule has 6 heteroatoms. The molecular formula is C94H66N6. The summed E-state index contributed by atoms with van der Waals surface area (Å²) < 4.78 is 4.94. The van der Waals surface area contributed by atoms with Gasteiger partial charge >= 0.3 is 0 Å². The molecule has 0 saturated carbocycles. The van der Waals surface area contributed by atoms with Crippen molar-refractivity contribution in [2.24, 2.45) is 0 Å². The second-order valence-electron chi connectivity index (χ2n) is 27.7. The van der Waals surface area contributed by atoms with Gasteiger partial charge in [-0.1, -0.05) is 276 Å². The van der Waals surface area contributed by atoms with Crippen molar-refractivity contribution in [3.63, 3.8) is 0 Å². The van der Waals surface area contributed by atoms with Crippen molar-refractivity contribution >= 4 is 65.2 Å². The van der Waals surface area contributed by atoms with Gasteiger partial charge in [0.25, 0.3) is 0 Å². The van der Waals surface area contributed by atoms with E-state index >= 15 is 0 Å². The second-order valence-corrected chi connectivity index (χ2v) is 27.7. The van der Waals surface area contributed by atoms with Gasteiger partial charge in [-0.25, -0.2) is 19.9 Å². The van der Waals surface area contributed by atoms with Crippen molar-refractivity contribution in [3.05, 3.63) is 350 Å². The van der Waals surface area contributed by atoms with Crippen molar-refractivity contribution in [2.75, 3.05) is 0 Å². The number of pyridine rings is 1. The van der Waals surface area contributed by atoms with E-state index in [-0.39, 0.29) is 10.8 Å². The van der Waals surface area contributed by atoms with E-state index in [0.717, 1.165) is 61.7 Å². The molecule has 0 aliphatic heterocycles. The maximum absolute atomic E-state index is 5.11. The van der Waals surface area contributed by atoms with E-state index in [1.165, 1.54) is 110 Å². The van der Waals surface area contributed by atoms with Crippen molar-refractivity contribution in [1.29, 1.82) is 0 Å². The highest BCUT2D eigenvalue weighted by atomic mass is 15.0. The average Bonchev–Trinajstić information content (AvgIpc) is 1.52. The van der Waals surface area contributed by atoms with E-state index in [2.05, 4.69) is 304 Å². The predicted octanol–water partition coefficient (Wildman–Crippen LogP) is 24.1. The van der Waals surface area contributed by atoms with Gasteiger partial charge in [0.15, 0.2) is 17.5 Å². The van der Waals surface area contributed by atoms with Gasteiger partial charge in [-0.2, -0.15) is 0 Å². The summed E-state index contributed by atoms with van der Waals surface area (Å²) in [7, 11) is 0. The van der Waals surface area contributed by atoms with Gasteiger partial charge in [0.1, 0.15) is 0 Å². The Labute approximate surface area is 580 Å². The summed E-state index contributed by atoms with van der Waals surface area (Å²) in [6.45, 7) is 9.50. The Morgan fingerprint density at radius 1 is 0.260 bits per heavy atom. The Balaban J connectivity index is 0.000000139. The van der Waals surface area contributed by atoms with Crippen LogP contribution in [0.25, 0.3) is 167 Å². The summed E-state index contributed by atoms with van der Waals surface area (Å²) in [4.78, 5) is 19.9. The molecule has 6 nitrogen and oxygen atoms in total. The van der Waals surface area contributed by atoms with Crippen LogP contribution >= 0.6 is 0 Å². The van der Waals surface area contributed by atoms with Crippen molar-refractivity contribution in [1.82, 2.24) is 29.1 Å². The fourth-order valence-electron chi connectivity index (χ4n) is 16.3. The molecule has 18 aromatic rings. The molecule has 0 saturated heterocycles. The lowest BCUT2D eigenvalue weighted by Crippen LogP contribution is -2.16. The zero-order chi connectivity index (χ0) is 66.8. The molecule has 4 heterocycles. The molecule has 100 heavy (non-hydrogen) atoms. The van der Waals surface area contributed by atoms with Gasteiger partial charge < -0.3 is 9.13 Å². The summed E-state index contributed by atoms with van der Waals surface area (Å²) in [6, 6.07) is 117. The number of fused-ring (bicyclic) bond motifs is 17. The number of hydrogen-bond acceptors (Lipinski definition) is 4. The van der Waals surface area contributed by atoms with E-state index < -0.39 is 0 Å². The summed E-state index contributed by atoms with van der Waals surface area (Å²) in [5.74, 6) is 1.96. The zero-order valence-corrected chi connectivity index (χ0v) is 55.9. The van der Waals surface area contributed by atoms with Crippen molar-refractivity contribution < 1.29 is 0 Å². The van der Waals surface area contributed by atoms with Crippen LogP contribution < -0.4 is 0 Å². The Morgan fingerprint density at radius 3 is 1.30 bits per heavy atom. The highest BCUT2D eigenvalue weighted by molar-refractivity contribution is 6.27. The van der Waals surface area contributed by atoms with Crippen LogP contribution in [0.3, 0.4) is 0 Å². The highest BCUT2D eigenvalue weighted by Crippen LogP contribution is 2.57. The normalized spacial score (nSPS) is 13.2. The van der Waals surface area contributed by atoms with Gasteiger partial charge in [0.2, 0.25) is 0 Å². The first kappa shape index (κ1) is 58.7. The van der Waals surface area contributed by atoms with Crippen LogP contribution in [0.4, 0.5) is 0 Å². The summed E-state index contributed by atoms with van der Waals surface area (Å²) in [5, 5.41) is 10.2. The maximum atomic E-state index is 5.11. The van der Waals surface area contributed by atoms with Gasteiger partial charge in [0.05, 0.1) is 33.5 Å². The van der Waals surface area contributed by atoms with Crippen LogP contribution in [0.5, 0.6) is 0 Å². The molecule has 4 aromatic heterocycles. The first-order valence-electron chi connectivity index (χ1n) is 34.5. The van der Waals surface area contributed by atoms with Crippen LogP contribution in [0.1, 0.15) is 49.9 Å². The molecule has 20 rings (SSSR count). The molecule has 0 N–H and O–H groups in total. The van der Waals surface area contributed by atoms with Gasteiger partial charge in [-0.05, 0) is 156 Å². The van der Waals surface area contributed by atoms with E-state index in [1.807, 2.05) is 60.7 Å². The highest BCUT2D eigenvalue weighted by Gasteiger charge is 2.41. The van der Waals surface area contributed by atoms with Crippen molar-refractivity contribution in [2.45, 2.75) is 38.5 Å². The number of hydrogen-bond donors (Lipinski definition) is 0. The van der Waals surface area contributed by atoms with E-state index in [1.54, 1.807) is 0 Å². The predicted molar refractivity (Wildman–Crippen MR) is 415 cm³/mol. The molecule has 0 bridgehead atoms. The molecule has 472 valence electrons. The molecule has 0 radical (unpaired) electrons. The number of aromatic nitrogens is 6. The number of nitrogens with zero attached hydrogens (tertiary/aromatic N) is 6. The second kappa shape index (κ2) is 23.0. The SMILES string of the molecule is CC1(C)c2ccccc2-c2c1c1c(c3ccccc23)c2ccccc2n1-c1ccc(-c2cc(-c3ccccc3)nc(-c3ccccc3)c2)cc1.CC1(C)c2ccccc2-c2cc3c(cc21)c1cc2ccccc2cc1n3-c1ccc(-c2nc(-c3ccccc3)nc(-c3ccccc3)n2)cc1. The Bertz CT molecular complexity index is 6170. The standard InChI is InChI=1S/C48H34N2.C46H32N4/c1-48(2)40-23-13-11-21-38(40)44-36-19-9-10-20-37(36)45-39-22-12-14-24-43(39)50(47(45)46(44)48)35-27-25-31(26-28-35)34-29-41(32-15-5-3-6-16-32)49-42(30-34)33-17-7-4-8-18-33;1-46(2)39-20-12-11-19-35(39)36-28-42-38(27-40(36)46)37-25-32-17-9-10-18-33(32)26-41(37)50(42)34-23-21-31(22-24-34)45-48-43(29-13-5-3-6-14-29)47-44(49-45)30-15-7-4-8-16-30/h3-30H,1-2H3;3-28H,1-2H3. The third kappa shape index (κ3) is 9.39. The smallest absolute Gasteiger partial charge is 0.164 e. The first-order chi connectivity index (χ1) is 49.1. The molecular weight excluding hydrogens is 1210 g/mol. The van der Waals surface area contributed by atoms with Gasteiger partial charge in [-0.15, -0.1) is 0 Å². The van der Waals surface area contributed by atoms with E-state index in [4.69, 9.17) is 19.9 Å². The number of benzene rings is 14. The van der Waals surface area contributed by atoms with Crippen molar-refractivity contribution in [3.8, 4) is 101 Å². The molecule has 2 aliphatic carbocycles. The monoisotopic (exact) mass is 1280 g/mol. The Kier molecular flexibility index (Phi) is 13.5. The molecule has 0 unspecified atom stereocenters. The first-order valence-corrected chi connectivity index (χ1v) is 34.5. The van der Waals surface area contributed by atoms with Gasteiger partial charge in [-0.3, -0.25) is 0 Å². The molecule has 0 spiro atoms. The minimum Gasteiger partial charge on any atom is -0.309 e. The molecule has 0 fully saturated rings. The van der Waals surface area contributed by atoms with Crippen LogP contribution in [-0.2, 0) is 10.8 Å². The van der Waals surface area contributed by atoms with Crippen LogP contribution in [0.15, 0.2) is 328 Å². The summed E-state index contributed by atoms with van der Waals surface area (Å²) in [5.41, 5.74) is 27.2. The topological polar surface area (TPSA) is 61.4 Å². The summed E-state index contributed by atoms with van der Waals surface area (Å²) in [6.07, 6.45) is 0. The maximum Gasteiger partial charge on any atom is 0.164 e. The minimum absolute atomic E-state index is 0.0746. The van der Waals surface area contributed by atoms with E-state index in [0.29, 0.717) is 17.5 Å². The van der Waals surface area contributed by atoms with Crippen LogP contribution in [0, 0.1) is 0 Å². The third-order valence-electron chi connectivity index (χ3n) is 21.2. The summed E-state index contributed by atoms with van der Waals surface area (Å²) >= 11 is 0. The largest absolute Gasteiger partial charge is 0.309 e. The van der Waals surface area contributed by atoms with E-state index in [9.17, 15) is 0 Å². The fraction of sp³-hybridized carbons (Fsp3) is 0.0638. The zero-order valence-electron chi connectivity index (χ0n) is 55.9. The molecule has 14 aromatic carbocycles. The van der Waals surface area contributed by atoms with Gasteiger partial charge in [0, 0.05) is 71.6 Å². The molecule has 0 amide bonds. The lowest BCUT2D eigenvalue weighted by molar-refractivity contribution is 0.661. The molecule has 0 atom stereocenters. The lowest BCUT2D eigenvalue weighted by atomic mass is 9.80. The Morgan fingerprint density at radius 2 is 0.700 bits per heavy atom. The average molecular weight is 1280 g/mol. The number of para-hydroxylation sites is 1.